The van der Waals surface area contributed by atoms with Gasteiger partial charge in [0.25, 0.3) is 5.91 Å². The number of hydrogen-bond acceptors (Lipinski definition) is 3. The van der Waals surface area contributed by atoms with Crippen LogP contribution >= 0.6 is 0 Å². The lowest BCUT2D eigenvalue weighted by atomic mass is 10.1. The Bertz CT molecular complexity index is 970. The summed E-state index contributed by atoms with van der Waals surface area (Å²) >= 11 is 0. The minimum Gasteiger partial charge on any atom is -0.460 e. The highest BCUT2D eigenvalue weighted by Crippen LogP contribution is 2.20. The molecule has 0 saturated carbocycles. The van der Waals surface area contributed by atoms with Crippen molar-refractivity contribution in [2.45, 2.75) is 20.8 Å². The highest BCUT2D eigenvalue weighted by molar-refractivity contribution is 6.06. The zero-order valence-corrected chi connectivity index (χ0v) is 13.3. The number of carbonyl (C=O) groups excluding carboxylic acids is 1. The first-order valence-electron chi connectivity index (χ1n) is 7.39. The van der Waals surface area contributed by atoms with Crippen molar-refractivity contribution in [3.63, 3.8) is 0 Å². The van der Waals surface area contributed by atoms with Gasteiger partial charge in [0.15, 0.2) is 0 Å². The van der Waals surface area contributed by atoms with Crippen LogP contribution in [0.4, 0.5) is 5.69 Å². The molecule has 0 atom stereocenters. The molecule has 4 heteroatoms. The molecule has 0 aliphatic carbocycles. The fourth-order valence-corrected chi connectivity index (χ4v) is 2.59. The molecule has 0 aliphatic rings. The Kier molecular flexibility index (Phi) is 3.74. The van der Waals surface area contributed by atoms with Gasteiger partial charge in [-0.3, -0.25) is 9.59 Å². The standard InChI is InChI=1S/C19H17NO3/c1-11-7-6-9-15(12(11)2)20-19(22)17-13(3)23-16-10-5-4-8-14(16)18(17)21/h4-10H,1-3H3,(H,20,22). The summed E-state index contributed by atoms with van der Waals surface area (Å²) in [7, 11) is 0. The van der Waals surface area contributed by atoms with E-state index in [-0.39, 0.29) is 11.0 Å². The molecule has 0 bridgehead atoms. The van der Waals surface area contributed by atoms with Gasteiger partial charge in [-0.25, -0.2) is 0 Å². The normalized spacial score (nSPS) is 10.7. The van der Waals surface area contributed by atoms with E-state index in [1.165, 1.54) is 0 Å². The predicted octanol–water partition coefficient (Wildman–Crippen LogP) is 3.97. The van der Waals surface area contributed by atoms with Crippen molar-refractivity contribution in [1.29, 1.82) is 0 Å². The summed E-state index contributed by atoms with van der Waals surface area (Å²) in [6.45, 7) is 5.53. The third kappa shape index (κ3) is 2.63. The van der Waals surface area contributed by atoms with E-state index >= 15 is 0 Å². The molecule has 1 aromatic heterocycles. The molecule has 0 radical (unpaired) electrons. The zero-order chi connectivity index (χ0) is 16.6. The molecule has 2 aromatic carbocycles. The predicted molar refractivity (Wildman–Crippen MR) is 91.1 cm³/mol. The Morgan fingerprint density at radius 2 is 1.74 bits per heavy atom. The molecular weight excluding hydrogens is 290 g/mol. The Morgan fingerprint density at radius 1 is 1.00 bits per heavy atom. The van der Waals surface area contributed by atoms with E-state index in [1.807, 2.05) is 32.0 Å². The molecule has 1 N–H and O–H groups in total. The number of fused-ring (bicyclic) bond motifs is 1. The van der Waals surface area contributed by atoms with Gasteiger partial charge in [-0.15, -0.1) is 0 Å². The number of aryl methyl sites for hydroxylation is 2. The van der Waals surface area contributed by atoms with E-state index in [9.17, 15) is 9.59 Å². The van der Waals surface area contributed by atoms with E-state index < -0.39 is 5.91 Å². The second-order valence-electron chi connectivity index (χ2n) is 5.56. The molecule has 0 fully saturated rings. The highest BCUT2D eigenvalue weighted by atomic mass is 16.3. The molecule has 4 nitrogen and oxygen atoms in total. The van der Waals surface area contributed by atoms with E-state index in [0.717, 1.165) is 11.1 Å². The monoisotopic (exact) mass is 307 g/mol. The molecule has 23 heavy (non-hydrogen) atoms. The molecule has 3 aromatic rings. The number of amides is 1. The van der Waals surface area contributed by atoms with Crippen LogP contribution in [0.3, 0.4) is 0 Å². The lowest BCUT2D eigenvalue weighted by Crippen LogP contribution is -2.23. The number of rotatable bonds is 2. The maximum atomic E-state index is 12.6. The van der Waals surface area contributed by atoms with Crippen molar-refractivity contribution in [1.82, 2.24) is 0 Å². The highest BCUT2D eigenvalue weighted by Gasteiger charge is 2.19. The average Bonchev–Trinajstić information content (AvgIpc) is 2.52. The van der Waals surface area contributed by atoms with Crippen molar-refractivity contribution in [2.75, 3.05) is 5.32 Å². The van der Waals surface area contributed by atoms with Crippen LogP contribution in [0.5, 0.6) is 0 Å². The van der Waals surface area contributed by atoms with Gasteiger partial charge >= 0.3 is 0 Å². The molecule has 0 spiro atoms. The van der Waals surface area contributed by atoms with Crippen molar-refractivity contribution in [3.8, 4) is 0 Å². The summed E-state index contributed by atoms with van der Waals surface area (Å²) in [6.07, 6.45) is 0. The van der Waals surface area contributed by atoms with Gasteiger partial charge in [0.1, 0.15) is 16.9 Å². The number of benzene rings is 2. The average molecular weight is 307 g/mol. The van der Waals surface area contributed by atoms with E-state index in [4.69, 9.17) is 4.42 Å². The Morgan fingerprint density at radius 3 is 2.52 bits per heavy atom. The number of para-hydroxylation sites is 1. The molecule has 0 aliphatic heterocycles. The second-order valence-corrected chi connectivity index (χ2v) is 5.56. The lowest BCUT2D eigenvalue weighted by molar-refractivity contribution is 0.102. The van der Waals surface area contributed by atoms with Crippen LogP contribution in [0, 0.1) is 20.8 Å². The minimum atomic E-state index is -0.448. The Hall–Kier alpha value is -2.88. The zero-order valence-electron chi connectivity index (χ0n) is 13.3. The summed E-state index contributed by atoms with van der Waals surface area (Å²) in [4.78, 5) is 25.2. The van der Waals surface area contributed by atoms with Crippen LogP contribution in [0.2, 0.25) is 0 Å². The van der Waals surface area contributed by atoms with E-state index in [2.05, 4.69) is 5.32 Å². The van der Waals surface area contributed by atoms with Gasteiger partial charge in [0.2, 0.25) is 5.43 Å². The van der Waals surface area contributed by atoms with Crippen molar-refractivity contribution in [3.05, 3.63) is 75.1 Å². The first-order valence-corrected chi connectivity index (χ1v) is 7.39. The van der Waals surface area contributed by atoms with Gasteiger partial charge in [-0.1, -0.05) is 24.3 Å². The molecule has 1 amide bonds. The summed E-state index contributed by atoms with van der Waals surface area (Å²) in [6, 6.07) is 12.6. The van der Waals surface area contributed by atoms with Crippen molar-refractivity contribution < 1.29 is 9.21 Å². The van der Waals surface area contributed by atoms with Crippen molar-refractivity contribution >= 4 is 22.6 Å². The van der Waals surface area contributed by atoms with Crippen molar-refractivity contribution in [2.24, 2.45) is 0 Å². The van der Waals surface area contributed by atoms with Crippen LogP contribution in [0.1, 0.15) is 27.2 Å². The van der Waals surface area contributed by atoms with Crippen LogP contribution < -0.4 is 10.7 Å². The molecular formula is C19H17NO3. The first kappa shape index (κ1) is 15.0. The van der Waals surface area contributed by atoms with Crippen LogP contribution in [-0.2, 0) is 0 Å². The minimum absolute atomic E-state index is 0.0459. The number of carbonyl (C=O) groups is 1. The van der Waals surface area contributed by atoms with Crippen LogP contribution in [0.25, 0.3) is 11.0 Å². The molecule has 116 valence electrons. The summed E-state index contributed by atoms with van der Waals surface area (Å²) < 4.78 is 5.63. The number of nitrogens with one attached hydrogen (secondary N) is 1. The fraction of sp³-hybridized carbons (Fsp3) is 0.158. The first-order chi connectivity index (χ1) is 11.0. The summed E-state index contributed by atoms with van der Waals surface area (Å²) in [5, 5.41) is 3.22. The Labute approximate surface area is 133 Å². The fourth-order valence-electron chi connectivity index (χ4n) is 2.59. The van der Waals surface area contributed by atoms with Gasteiger partial charge in [0.05, 0.1) is 5.39 Å². The summed E-state index contributed by atoms with van der Waals surface area (Å²) in [5.41, 5.74) is 2.96. The lowest BCUT2D eigenvalue weighted by Gasteiger charge is -2.11. The maximum absolute atomic E-state index is 12.6. The molecule has 0 saturated heterocycles. The van der Waals surface area contributed by atoms with Gasteiger partial charge in [0, 0.05) is 5.69 Å². The molecule has 0 unspecified atom stereocenters. The Balaban J connectivity index is 2.08. The van der Waals surface area contributed by atoms with Crippen LogP contribution in [-0.4, -0.2) is 5.91 Å². The van der Waals surface area contributed by atoms with E-state index in [1.54, 1.807) is 31.2 Å². The van der Waals surface area contributed by atoms with Crippen LogP contribution in [0.15, 0.2) is 51.7 Å². The maximum Gasteiger partial charge on any atom is 0.263 e. The molecule has 3 rings (SSSR count). The number of anilines is 1. The number of hydrogen-bond donors (Lipinski definition) is 1. The van der Waals surface area contributed by atoms with Gasteiger partial charge in [-0.2, -0.15) is 0 Å². The third-order valence-electron chi connectivity index (χ3n) is 4.05. The van der Waals surface area contributed by atoms with Gasteiger partial charge in [-0.05, 0) is 50.1 Å². The quantitative estimate of drug-likeness (QED) is 0.779. The van der Waals surface area contributed by atoms with Gasteiger partial charge < -0.3 is 9.73 Å². The van der Waals surface area contributed by atoms with E-state index in [0.29, 0.717) is 22.4 Å². The third-order valence-corrected chi connectivity index (χ3v) is 4.05. The topological polar surface area (TPSA) is 59.3 Å². The largest absolute Gasteiger partial charge is 0.460 e. The summed E-state index contributed by atoms with van der Waals surface area (Å²) in [5.74, 6) is -0.132. The smallest absolute Gasteiger partial charge is 0.263 e. The second kappa shape index (κ2) is 5.72. The SMILES string of the molecule is Cc1cccc(NC(=O)c2c(C)oc3ccccc3c2=O)c1C. The molecule has 1 heterocycles.